The third-order valence-corrected chi connectivity index (χ3v) is 4.56. The lowest BCUT2D eigenvalue weighted by Gasteiger charge is -2.09. The second-order valence-electron chi connectivity index (χ2n) is 4.62. The summed E-state index contributed by atoms with van der Waals surface area (Å²) in [5.41, 5.74) is 0. The predicted octanol–water partition coefficient (Wildman–Crippen LogP) is 1.53. The van der Waals surface area contributed by atoms with E-state index in [0.29, 0.717) is 17.5 Å². The summed E-state index contributed by atoms with van der Waals surface area (Å²) in [6, 6.07) is 0. The number of imidazole rings is 1. The maximum atomic E-state index is 5.96. The smallest absolute Gasteiger partial charge is 0.209 e. The van der Waals surface area contributed by atoms with Crippen LogP contribution in [0.1, 0.15) is 18.7 Å². The van der Waals surface area contributed by atoms with Gasteiger partial charge in [-0.3, -0.25) is 0 Å². The maximum Gasteiger partial charge on any atom is 0.209 e. The Balaban J connectivity index is 1.63. The van der Waals surface area contributed by atoms with E-state index in [2.05, 4.69) is 20.5 Å². The highest BCUT2D eigenvalue weighted by molar-refractivity contribution is 7.98. The number of nitrogens with zero attached hydrogens (tertiary/aromatic N) is 6. The lowest BCUT2D eigenvalue weighted by molar-refractivity contribution is 0.0912. The molecule has 0 aromatic carbocycles. The average molecular weight is 315 g/mol. The molecule has 0 saturated carbocycles. The Bertz CT molecular complexity index is 579. The van der Waals surface area contributed by atoms with Gasteiger partial charge in [0.1, 0.15) is 11.0 Å². The summed E-state index contributed by atoms with van der Waals surface area (Å²) in [6.45, 7) is 1.54. The van der Waals surface area contributed by atoms with E-state index in [1.165, 1.54) is 0 Å². The number of rotatable bonds is 5. The summed E-state index contributed by atoms with van der Waals surface area (Å²) in [6.07, 6.45) is 4.05. The average Bonchev–Trinajstić information content (AvgIpc) is 3.15. The van der Waals surface area contributed by atoms with Crippen LogP contribution in [0.4, 0.5) is 0 Å². The molecule has 0 radical (unpaired) electrons. The minimum atomic E-state index is 0.223. The van der Waals surface area contributed by atoms with E-state index in [9.17, 15) is 0 Å². The Kier molecular flexibility index (Phi) is 4.23. The van der Waals surface area contributed by atoms with Gasteiger partial charge in [-0.05, 0) is 23.3 Å². The monoisotopic (exact) mass is 314 g/mol. The number of ether oxygens (including phenoxy) is 1. The minimum absolute atomic E-state index is 0.223. The fraction of sp³-hybridized carbons (Fsp3) is 0.636. The first-order valence-electron chi connectivity index (χ1n) is 6.40. The van der Waals surface area contributed by atoms with Crippen LogP contribution >= 0.6 is 23.4 Å². The molecule has 0 aliphatic carbocycles. The molecule has 20 heavy (non-hydrogen) atoms. The van der Waals surface area contributed by atoms with Gasteiger partial charge in [0, 0.05) is 13.7 Å². The van der Waals surface area contributed by atoms with E-state index in [0.717, 1.165) is 30.4 Å². The standard InChI is InChI=1S/C11H15ClN6OS/c1-17-9(12)5-13-10(17)7-20-11-14-15-16-18(11)6-8-3-2-4-19-8/h5,8H,2-4,6-7H2,1H3. The number of hydrogen-bond donors (Lipinski definition) is 0. The first kappa shape index (κ1) is 13.8. The van der Waals surface area contributed by atoms with Gasteiger partial charge in [0.15, 0.2) is 0 Å². The van der Waals surface area contributed by atoms with Crippen LogP contribution in [0.2, 0.25) is 5.15 Å². The Morgan fingerprint density at radius 1 is 1.55 bits per heavy atom. The molecule has 0 spiro atoms. The Morgan fingerprint density at radius 2 is 2.45 bits per heavy atom. The zero-order chi connectivity index (χ0) is 13.9. The Morgan fingerprint density at radius 3 is 3.15 bits per heavy atom. The second-order valence-corrected chi connectivity index (χ2v) is 5.95. The highest BCUT2D eigenvalue weighted by atomic mass is 35.5. The molecule has 1 saturated heterocycles. The number of thioether (sulfide) groups is 1. The third-order valence-electron chi connectivity index (χ3n) is 3.26. The lowest BCUT2D eigenvalue weighted by Crippen LogP contribution is -2.16. The third kappa shape index (κ3) is 2.97. The van der Waals surface area contributed by atoms with Crippen molar-refractivity contribution in [2.75, 3.05) is 6.61 Å². The van der Waals surface area contributed by atoms with Crippen molar-refractivity contribution in [1.82, 2.24) is 29.8 Å². The van der Waals surface area contributed by atoms with Gasteiger partial charge < -0.3 is 9.30 Å². The van der Waals surface area contributed by atoms with Crippen molar-refractivity contribution in [1.29, 1.82) is 0 Å². The van der Waals surface area contributed by atoms with Crippen molar-refractivity contribution >= 4 is 23.4 Å². The fourth-order valence-electron chi connectivity index (χ4n) is 2.08. The van der Waals surface area contributed by atoms with Gasteiger partial charge in [-0.1, -0.05) is 23.4 Å². The van der Waals surface area contributed by atoms with E-state index in [-0.39, 0.29) is 6.10 Å². The Hall–Kier alpha value is -1.12. The van der Waals surface area contributed by atoms with Crippen LogP contribution in [-0.4, -0.2) is 42.5 Å². The second kappa shape index (κ2) is 6.11. The van der Waals surface area contributed by atoms with E-state index in [1.807, 2.05) is 11.6 Å². The van der Waals surface area contributed by atoms with Crippen LogP contribution in [-0.2, 0) is 24.1 Å². The molecule has 1 unspecified atom stereocenters. The molecule has 2 aromatic heterocycles. The van der Waals surface area contributed by atoms with Crippen LogP contribution in [0, 0.1) is 0 Å². The van der Waals surface area contributed by atoms with Crippen LogP contribution in [0.25, 0.3) is 0 Å². The van der Waals surface area contributed by atoms with Gasteiger partial charge in [0.25, 0.3) is 0 Å². The van der Waals surface area contributed by atoms with Gasteiger partial charge in [-0.15, -0.1) is 5.10 Å². The molecule has 1 fully saturated rings. The molecule has 3 heterocycles. The Labute approximate surface area is 125 Å². The molecular weight excluding hydrogens is 300 g/mol. The molecule has 0 N–H and O–H groups in total. The van der Waals surface area contributed by atoms with Crippen LogP contribution in [0.15, 0.2) is 11.4 Å². The van der Waals surface area contributed by atoms with E-state index in [1.54, 1.807) is 22.6 Å². The highest BCUT2D eigenvalue weighted by Crippen LogP contribution is 2.22. The van der Waals surface area contributed by atoms with Crippen molar-refractivity contribution in [3.05, 3.63) is 17.2 Å². The van der Waals surface area contributed by atoms with Gasteiger partial charge >= 0.3 is 0 Å². The number of hydrogen-bond acceptors (Lipinski definition) is 6. The molecule has 0 amide bonds. The largest absolute Gasteiger partial charge is 0.376 e. The first-order valence-corrected chi connectivity index (χ1v) is 7.77. The predicted molar refractivity (Wildman–Crippen MR) is 74.6 cm³/mol. The molecule has 7 nitrogen and oxygen atoms in total. The molecule has 9 heteroatoms. The summed E-state index contributed by atoms with van der Waals surface area (Å²) < 4.78 is 9.25. The molecule has 0 bridgehead atoms. The molecule has 3 rings (SSSR count). The lowest BCUT2D eigenvalue weighted by atomic mass is 10.2. The van der Waals surface area contributed by atoms with Crippen LogP contribution in [0.5, 0.6) is 0 Å². The molecule has 1 aliphatic heterocycles. The van der Waals surface area contributed by atoms with E-state index in [4.69, 9.17) is 16.3 Å². The summed E-state index contributed by atoms with van der Waals surface area (Å²) in [7, 11) is 1.89. The minimum Gasteiger partial charge on any atom is -0.376 e. The van der Waals surface area contributed by atoms with Gasteiger partial charge in [0.2, 0.25) is 5.16 Å². The number of aromatic nitrogens is 6. The van der Waals surface area contributed by atoms with Crippen LogP contribution in [0.3, 0.4) is 0 Å². The van der Waals surface area contributed by atoms with Crippen molar-refractivity contribution in [2.24, 2.45) is 7.05 Å². The van der Waals surface area contributed by atoms with E-state index < -0.39 is 0 Å². The molecule has 1 atom stereocenters. The van der Waals surface area contributed by atoms with Crippen molar-refractivity contribution in [2.45, 2.75) is 36.4 Å². The zero-order valence-electron chi connectivity index (χ0n) is 11.1. The summed E-state index contributed by atoms with van der Waals surface area (Å²) in [5, 5.41) is 13.2. The molecule has 108 valence electrons. The molecule has 2 aromatic rings. The van der Waals surface area contributed by atoms with E-state index >= 15 is 0 Å². The zero-order valence-corrected chi connectivity index (χ0v) is 12.6. The SMILES string of the molecule is Cn1c(Cl)cnc1CSc1nnnn1CC1CCCO1. The van der Waals surface area contributed by atoms with Crippen molar-refractivity contribution < 1.29 is 4.74 Å². The summed E-state index contributed by atoms with van der Waals surface area (Å²) >= 11 is 7.51. The normalized spacial score (nSPS) is 18.8. The maximum absolute atomic E-state index is 5.96. The van der Waals surface area contributed by atoms with Crippen molar-refractivity contribution in [3.63, 3.8) is 0 Å². The summed E-state index contributed by atoms with van der Waals surface area (Å²) in [5.74, 6) is 1.57. The molecular formula is C11H15ClN6OS. The summed E-state index contributed by atoms with van der Waals surface area (Å²) in [4.78, 5) is 4.26. The van der Waals surface area contributed by atoms with Crippen LogP contribution < -0.4 is 0 Å². The van der Waals surface area contributed by atoms with Crippen molar-refractivity contribution in [3.8, 4) is 0 Å². The van der Waals surface area contributed by atoms with Gasteiger partial charge in [0.05, 0.1) is 24.6 Å². The number of halogens is 1. The topological polar surface area (TPSA) is 70.7 Å². The number of tetrazole rings is 1. The molecule has 1 aliphatic rings. The first-order chi connectivity index (χ1) is 9.74. The fourth-order valence-corrected chi connectivity index (χ4v) is 3.11. The quantitative estimate of drug-likeness (QED) is 0.780. The van der Waals surface area contributed by atoms with Gasteiger partial charge in [-0.2, -0.15) is 0 Å². The van der Waals surface area contributed by atoms with Gasteiger partial charge in [-0.25, -0.2) is 9.67 Å². The highest BCUT2D eigenvalue weighted by Gasteiger charge is 2.19.